The molecule has 3 aromatic rings. The maximum atomic E-state index is 12.6. The van der Waals surface area contributed by atoms with Crippen molar-refractivity contribution in [2.45, 2.75) is 26.3 Å². The number of nitrogens with one attached hydrogen (secondary N) is 1. The van der Waals surface area contributed by atoms with Crippen LogP contribution in [0.2, 0.25) is 0 Å². The maximum absolute atomic E-state index is 12.6. The molecule has 0 aliphatic carbocycles. The summed E-state index contributed by atoms with van der Waals surface area (Å²) in [4.78, 5) is 39.5. The lowest BCUT2D eigenvalue weighted by Crippen LogP contribution is -2.33. The quantitative estimate of drug-likeness (QED) is 0.698. The fourth-order valence-electron chi connectivity index (χ4n) is 3.71. The summed E-state index contributed by atoms with van der Waals surface area (Å²) in [5.41, 5.74) is 0.653. The number of rotatable bonds is 3. The van der Waals surface area contributed by atoms with Crippen LogP contribution in [0.4, 0.5) is 0 Å². The van der Waals surface area contributed by atoms with Gasteiger partial charge in [0.05, 0.1) is 17.4 Å². The number of amides is 1. The minimum absolute atomic E-state index is 0.123. The van der Waals surface area contributed by atoms with Crippen LogP contribution in [0, 0.1) is 6.92 Å². The molecule has 0 radical (unpaired) electrons. The second-order valence-corrected chi connectivity index (χ2v) is 7.12. The molecule has 1 atom stereocenters. The summed E-state index contributed by atoms with van der Waals surface area (Å²) in [5, 5.41) is 16.6. The van der Waals surface area contributed by atoms with E-state index in [-0.39, 0.29) is 23.6 Å². The van der Waals surface area contributed by atoms with E-state index in [0.29, 0.717) is 5.69 Å². The first kappa shape index (κ1) is 19.4. The molecule has 0 bridgehead atoms. The van der Waals surface area contributed by atoms with Crippen molar-refractivity contribution >= 4 is 11.6 Å². The SMILES string of the molecule is CC(=O)N1N=C(c2c(O)n(-c3ccccc3C)c(=O)[nH]c2=O)C[C@H]1c1ccccc1. The summed E-state index contributed by atoms with van der Waals surface area (Å²) < 4.78 is 1.04. The van der Waals surface area contributed by atoms with Crippen LogP contribution in [-0.2, 0) is 4.79 Å². The number of aromatic nitrogens is 2. The number of hydrazone groups is 1. The van der Waals surface area contributed by atoms with E-state index in [1.807, 2.05) is 36.4 Å². The topological polar surface area (TPSA) is 108 Å². The number of carbonyl (C=O) groups is 1. The lowest BCUT2D eigenvalue weighted by Gasteiger charge is -2.20. The summed E-state index contributed by atoms with van der Waals surface area (Å²) >= 11 is 0. The highest BCUT2D eigenvalue weighted by molar-refractivity contribution is 6.04. The molecule has 1 aliphatic rings. The van der Waals surface area contributed by atoms with E-state index in [1.165, 1.54) is 11.9 Å². The normalized spacial score (nSPS) is 15.9. The van der Waals surface area contributed by atoms with Crippen LogP contribution in [0.1, 0.15) is 36.1 Å². The second-order valence-electron chi connectivity index (χ2n) is 7.12. The molecule has 8 heteroatoms. The minimum Gasteiger partial charge on any atom is -0.493 e. The number of hydrogen-bond acceptors (Lipinski definition) is 5. The first-order valence-electron chi connectivity index (χ1n) is 9.45. The van der Waals surface area contributed by atoms with Gasteiger partial charge in [-0.3, -0.25) is 14.6 Å². The Morgan fingerprint density at radius 2 is 1.77 bits per heavy atom. The molecule has 0 spiro atoms. The molecular formula is C22H20N4O4. The van der Waals surface area contributed by atoms with Crippen molar-refractivity contribution in [3.8, 4) is 11.6 Å². The molecule has 0 saturated heterocycles. The summed E-state index contributed by atoms with van der Waals surface area (Å²) in [7, 11) is 0. The van der Waals surface area contributed by atoms with E-state index in [0.717, 1.165) is 15.7 Å². The highest BCUT2D eigenvalue weighted by atomic mass is 16.3. The van der Waals surface area contributed by atoms with E-state index in [1.54, 1.807) is 25.1 Å². The molecule has 2 heterocycles. The predicted octanol–water partition coefficient (Wildman–Crippen LogP) is 2.24. The van der Waals surface area contributed by atoms with Gasteiger partial charge in [0.25, 0.3) is 5.56 Å². The van der Waals surface area contributed by atoms with Crippen LogP contribution in [0.3, 0.4) is 0 Å². The number of hydrogen-bond donors (Lipinski definition) is 2. The number of aromatic amines is 1. The number of para-hydroxylation sites is 1. The van der Waals surface area contributed by atoms with Gasteiger partial charge >= 0.3 is 5.69 Å². The van der Waals surface area contributed by atoms with E-state index in [4.69, 9.17) is 0 Å². The van der Waals surface area contributed by atoms with Gasteiger partial charge in [-0.25, -0.2) is 14.4 Å². The minimum atomic E-state index is -0.753. The van der Waals surface area contributed by atoms with Gasteiger partial charge in [-0.1, -0.05) is 48.5 Å². The van der Waals surface area contributed by atoms with Crippen molar-refractivity contribution in [3.63, 3.8) is 0 Å². The van der Waals surface area contributed by atoms with Crippen molar-refractivity contribution in [1.29, 1.82) is 0 Å². The highest BCUT2D eigenvalue weighted by Gasteiger charge is 2.34. The monoisotopic (exact) mass is 404 g/mol. The Hall–Kier alpha value is -3.94. The third-order valence-corrected chi connectivity index (χ3v) is 5.15. The number of aryl methyl sites for hydroxylation is 1. The maximum Gasteiger partial charge on any atom is 0.335 e. The molecule has 152 valence electrons. The fourth-order valence-corrected chi connectivity index (χ4v) is 3.71. The van der Waals surface area contributed by atoms with Gasteiger partial charge in [0.15, 0.2) is 0 Å². The molecule has 1 amide bonds. The van der Waals surface area contributed by atoms with Crippen molar-refractivity contribution in [3.05, 3.63) is 92.1 Å². The fraction of sp³-hybridized carbons (Fsp3) is 0.182. The third-order valence-electron chi connectivity index (χ3n) is 5.15. The highest BCUT2D eigenvalue weighted by Crippen LogP contribution is 2.33. The number of nitrogens with zero attached hydrogens (tertiary/aromatic N) is 3. The molecule has 30 heavy (non-hydrogen) atoms. The Kier molecular flexibility index (Phi) is 4.83. The van der Waals surface area contributed by atoms with Gasteiger partial charge in [-0.2, -0.15) is 5.10 Å². The van der Waals surface area contributed by atoms with E-state index < -0.39 is 23.2 Å². The Balaban J connectivity index is 1.87. The van der Waals surface area contributed by atoms with E-state index in [2.05, 4.69) is 10.1 Å². The lowest BCUT2D eigenvalue weighted by atomic mass is 9.99. The summed E-state index contributed by atoms with van der Waals surface area (Å²) in [5.74, 6) is -0.795. The summed E-state index contributed by atoms with van der Waals surface area (Å²) in [6.07, 6.45) is 0.228. The zero-order valence-corrected chi connectivity index (χ0v) is 16.5. The van der Waals surface area contributed by atoms with Crippen molar-refractivity contribution < 1.29 is 9.90 Å². The molecule has 2 N–H and O–H groups in total. The van der Waals surface area contributed by atoms with Crippen LogP contribution in [0.15, 0.2) is 69.3 Å². The molecule has 0 saturated carbocycles. The number of benzene rings is 2. The smallest absolute Gasteiger partial charge is 0.335 e. The molecule has 2 aromatic carbocycles. The van der Waals surface area contributed by atoms with Crippen LogP contribution >= 0.6 is 0 Å². The number of H-pyrrole nitrogens is 1. The molecule has 0 fully saturated rings. The molecule has 0 unspecified atom stereocenters. The van der Waals surface area contributed by atoms with Gasteiger partial charge < -0.3 is 5.11 Å². The standard InChI is InChI=1S/C22H20N4O4/c1-13-8-6-7-11-17(13)25-21(29)19(20(28)23-22(25)30)16-12-18(26(24-16)14(2)27)15-9-4-3-5-10-15/h3-11,18,29H,12H2,1-2H3,(H,23,28,30)/t18-/m0/s1. The largest absolute Gasteiger partial charge is 0.493 e. The van der Waals surface area contributed by atoms with Crippen LogP contribution in [0.5, 0.6) is 5.88 Å². The van der Waals surface area contributed by atoms with Crippen molar-refractivity contribution in [2.75, 3.05) is 0 Å². The number of carbonyl (C=O) groups excluding carboxylic acids is 1. The van der Waals surface area contributed by atoms with Crippen molar-refractivity contribution in [2.24, 2.45) is 5.10 Å². The van der Waals surface area contributed by atoms with Crippen LogP contribution < -0.4 is 11.2 Å². The molecule has 8 nitrogen and oxygen atoms in total. The van der Waals surface area contributed by atoms with Gasteiger partial charge in [0.1, 0.15) is 5.56 Å². The molecule has 1 aromatic heterocycles. The van der Waals surface area contributed by atoms with Crippen LogP contribution in [0.25, 0.3) is 5.69 Å². The first-order valence-corrected chi connectivity index (χ1v) is 9.45. The molecule has 1 aliphatic heterocycles. The van der Waals surface area contributed by atoms with E-state index in [9.17, 15) is 19.5 Å². The average molecular weight is 404 g/mol. The molecule has 4 rings (SSSR count). The molecular weight excluding hydrogens is 384 g/mol. The van der Waals surface area contributed by atoms with E-state index >= 15 is 0 Å². The van der Waals surface area contributed by atoms with Gasteiger partial charge in [0.2, 0.25) is 11.8 Å². The zero-order chi connectivity index (χ0) is 21.4. The van der Waals surface area contributed by atoms with Crippen molar-refractivity contribution in [1.82, 2.24) is 14.6 Å². The number of aromatic hydroxyl groups is 1. The summed E-state index contributed by atoms with van der Waals surface area (Å²) in [6, 6.07) is 15.9. The van der Waals surface area contributed by atoms with Gasteiger partial charge in [0, 0.05) is 13.3 Å². The van der Waals surface area contributed by atoms with Gasteiger partial charge in [-0.15, -0.1) is 0 Å². The van der Waals surface area contributed by atoms with Gasteiger partial charge in [-0.05, 0) is 24.1 Å². The third kappa shape index (κ3) is 3.22. The lowest BCUT2D eigenvalue weighted by molar-refractivity contribution is -0.130. The first-order chi connectivity index (χ1) is 14.4. The summed E-state index contributed by atoms with van der Waals surface area (Å²) in [6.45, 7) is 3.18. The average Bonchev–Trinajstić information content (AvgIpc) is 3.15. The Bertz CT molecular complexity index is 1270. The Morgan fingerprint density at radius 3 is 2.43 bits per heavy atom. The Labute approximate surface area is 171 Å². The van der Waals surface area contributed by atoms with Crippen LogP contribution in [-0.4, -0.2) is 31.3 Å². The predicted molar refractivity (Wildman–Crippen MR) is 112 cm³/mol. The second kappa shape index (κ2) is 7.47. The Morgan fingerprint density at radius 1 is 1.10 bits per heavy atom. The zero-order valence-electron chi connectivity index (χ0n) is 16.5.